The molecule has 1 aliphatic rings. The van der Waals surface area contributed by atoms with Crippen LogP contribution in [0, 0.1) is 19.7 Å². The summed E-state index contributed by atoms with van der Waals surface area (Å²) < 4.78 is 15.9. The average molecular weight is 246 g/mol. The standard InChI is InChI=1S/C13H15FN4/c1-7-5-6-9(14)10-11(7)18-8(2)16-17-12(18)13(3,4)15-10/h5-6,15H,1-4H3. The van der Waals surface area contributed by atoms with Crippen LogP contribution in [0.3, 0.4) is 0 Å². The van der Waals surface area contributed by atoms with Gasteiger partial charge < -0.3 is 5.32 Å². The molecular weight excluding hydrogens is 231 g/mol. The van der Waals surface area contributed by atoms with Crippen LogP contribution in [0.2, 0.25) is 0 Å². The van der Waals surface area contributed by atoms with Crippen LogP contribution in [-0.2, 0) is 5.54 Å². The number of benzene rings is 1. The van der Waals surface area contributed by atoms with Crippen molar-refractivity contribution in [3.63, 3.8) is 0 Å². The minimum absolute atomic E-state index is 0.248. The number of aryl methyl sites for hydroxylation is 2. The maximum Gasteiger partial charge on any atom is 0.162 e. The summed E-state index contributed by atoms with van der Waals surface area (Å²) in [5.41, 5.74) is 1.89. The van der Waals surface area contributed by atoms with Crippen molar-refractivity contribution in [3.8, 4) is 5.69 Å². The second-order valence-corrected chi connectivity index (χ2v) is 5.24. The lowest BCUT2D eigenvalue weighted by Crippen LogP contribution is -2.36. The lowest BCUT2D eigenvalue weighted by atomic mass is 9.98. The van der Waals surface area contributed by atoms with Crippen LogP contribution in [0.4, 0.5) is 10.1 Å². The molecule has 94 valence electrons. The smallest absolute Gasteiger partial charge is 0.162 e. The zero-order valence-corrected chi connectivity index (χ0v) is 10.9. The van der Waals surface area contributed by atoms with Crippen LogP contribution in [0.25, 0.3) is 5.69 Å². The summed E-state index contributed by atoms with van der Waals surface area (Å²) in [6, 6.07) is 3.26. The van der Waals surface area contributed by atoms with Gasteiger partial charge in [-0.05, 0) is 39.3 Å². The number of fused-ring (bicyclic) bond motifs is 3. The van der Waals surface area contributed by atoms with E-state index in [1.54, 1.807) is 6.07 Å². The first-order valence-corrected chi connectivity index (χ1v) is 5.92. The number of hydrogen-bond donors (Lipinski definition) is 1. The monoisotopic (exact) mass is 246 g/mol. The molecule has 1 aromatic carbocycles. The van der Waals surface area contributed by atoms with E-state index >= 15 is 0 Å². The molecule has 0 unspecified atom stereocenters. The van der Waals surface area contributed by atoms with Gasteiger partial charge in [0.25, 0.3) is 0 Å². The minimum Gasteiger partial charge on any atom is -0.369 e. The van der Waals surface area contributed by atoms with E-state index < -0.39 is 5.54 Å². The summed E-state index contributed by atoms with van der Waals surface area (Å²) in [6.45, 7) is 7.78. The van der Waals surface area contributed by atoms with Crippen molar-refractivity contribution in [2.45, 2.75) is 33.2 Å². The first-order chi connectivity index (χ1) is 8.42. The molecule has 0 fully saturated rings. The minimum atomic E-state index is -0.442. The molecule has 1 aromatic heterocycles. The lowest BCUT2D eigenvalue weighted by molar-refractivity contribution is 0.521. The maximum atomic E-state index is 14.0. The van der Waals surface area contributed by atoms with E-state index in [0.717, 1.165) is 22.9 Å². The Kier molecular flexibility index (Phi) is 2.06. The van der Waals surface area contributed by atoms with E-state index in [1.807, 2.05) is 32.3 Å². The van der Waals surface area contributed by atoms with Crippen LogP contribution in [-0.4, -0.2) is 14.8 Å². The number of aromatic nitrogens is 3. The van der Waals surface area contributed by atoms with Crippen molar-refractivity contribution in [2.75, 3.05) is 5.32 Å². The molecule has 0 atom stereocenters. The molecule has 1 aliphatic heterocycles. The highest BCUT2D eigenvalue weighted by atomic mass is 19.1. The Hall–Kier alpha value is -1.91. The Bertz CT molecular complexity index is 643. The molecule has 0 aliphatic carbocycles. The highest BCUT2D eigenvalue weighted by molar-refractivity contribution is 5.69. The third-order valence-corrected chi connectivity index (χ3v) is 3.37. The third kappa shape index (κ3) is 1.30. The van der Waals surface area contributed by atoms with Crippen molar-refractivity contribution in [1.82, 2.24) is 14.8 Å². The molecule has 0 saturated carbocycles. The molecule has 0 radical (unpaired) electrons. The van der Waals surface area contributed by atoms with Crippen LogP contribution < -0.4 is 5.32 Å². The molecule has 3 rings (SSSR count). The zero-order valence-electron chi connectivity index (χ0n) is 10.9. The third-order valence-electron chi connectivity index (χ3n) is 3.37. The van der Waals surface area contributed by atoms with Gasteiger partial charge in [-0.2, -0.15) is 0 Å². The van der Waals surface area contributed by atoms with Gasteiger partial charge in [0.15, 0.2) is 5.82 Å². The number of hydrogen-bond acceptors (Lipinski definition) is 3. The highest BCUT2D eigenvalue weighted by Crippen LogP contribution is 2.39. The van der Waals surface area contributed by atoms with Crippen molar-refractivity contribution in [1.29, 1.82) is 0 Å². The normalized spacial score (nSPS) is 15.8. The molecule has 2 aromatic rings. The van der Waals surface area contributed by atoms with Crippen LogP contribution >= 0.6 is 0 Å². The Balaban J connectivity index is 2.43. The molecule has 0 saturated heterocycles. The van der Waals surface area contributed by atoms with E-state index in [9.17, 15) is 4.39 Å². The van der Waals surface area contributed by atoms with Gasteiger partial charge in [-0.3, -0.25) is 4.57 Å². The first kappa shape index (κ1) is 11.2. The predicted molar refractivity (Wildman–Crippen MR) is 67.4 cm³/mol. The molecule has 2 heterocycles. The van der Waals surface area contributed by atoms with Crippen molar-refractivity contribution in [3.05, 3.63) is 35.2 Å². The van der Waals surface area contributed by atoms with Gasteiger partial charge in [-0.15, -0.1) is 10.2 Å². The second-order valence-electron chi connectivity index (χ2n) is 5.24. The topological polar surface area (TPSA) is 42.7 Å². The van der Waals surface area contributed by atoms with Crippen molar-refractivity contribution >= 4 is 5.69 Å². The van der Waals surface area contributed by atoms with Crippen LogP contribution in [0.15, 0.2) is 12.1 Å². The number of rotatable bonds is 0. The van der Waals surface area contributed by atoms with Gasteiger partial charge >= 0.3 is 0 Å². The quantitative estimate of drug-likeness (QED) is 0.777. The summed E-state index contributed by atoms with van der Waals surface area (Å²) in [4.78, 5) is 0. The summed E-state index contributed by atoms with van der Waals surface area (Å²) >= 11 is 0. The summed E-state index contributed by atoms with van der Waals surface area (Å²) in [5, 5.41) is 11.5. The van der Waals surface area contributed by atoms with E-state index in [4.69, 9.17) is 0 Å². The molecule has 0 amide bonds. The number of nitrogens with one attached hydrogen (secondary N) is 1. The molecule has 1 N–H and O–H groups in total. The molecule has 0 bridgehead atoms. The van der Waals surface area contributed by atoms with E-state index in [0.29, 0.717) is 5.69 Å². The fourth-order valence-electron chi connectivity index (χ4n) is 2.48. The Labute approximate surface area is 105 Å². The summed E-state index contributed by atoms with van der Waals surface area (Å²) in [6.07, 6.45) is 0. The van der Waals surface area contributed by atoms with Crippen LogP contribution in [0.5, 0.6) is 0 Å². The van der Waals surface area contributed by atoms with E-state index in [-0.39, 0.29) is 5.82 Å². The Morgan fingerprint density at radius 3 is 2.67 bits per heavy atom. The van der Waals surface area contributed by atoms with Gasteiger partial charge in [-0.25, -0.2) is 4.39 Å². The van der Waals surface area contributed by atoms with Gasteiger partial charge in [-0.1, -0.05) is 6.07 Å². The molecule has 4 nitrogen and oxygen atoms in total. The number of nitrogens with zero attached hydrogens (tertiary/aromatic N) is 3. The number of anilines is 1. The zero-order chi connectivity index (χ0) is 13.1. The Morgan fingerprint density at radius 2 is 1.94 bits per heavy atom. The van der Waals surface area contributed by atoms with Crippen molar-refractivity contribution in [2.24, 2.45) is 0 Å². The Morgan fingerprint density at radius 1 is 1.22 bits per heavy atom. The average Bonchev–Trinajstić information content (AvgIpc) is 2.67. The first-order valence-electron chi connectivity index (χ1n) is 5.92. The molecule has 0 spiro atoms. The number of halogens is 1. The van der Waals surface area contributed by atoms with E-state index in [2.05, 4.69) is 15.5 Å². The molecule has 18 heavy (non-hydrogen) atoms. The van der Waals surface area contributed by atoms with Gasteiger partial charge in [0.05, 0.1) is 16.9 Å². The largest absolute Gasteiger partial charge is 0.369 e. The second kappa shape index (κ2) is 3.31. The fourth-order valence-corrected chi connectivity index (χ4v) is 2.48. The van der Waals surface area contributed by atoms with Gasteiger partial charge in [0.2, 0.25) is 0 Å². The highest BCUT2D eigenvalue weighted by Gasteiger charge is 2.35. The van der Waals surface area contributed by atoms with Gasteiger partial charge in [0, 0.05) is 0 Å². The summed E-state index contributed by atoms with van der Waals surface area (Å²) in [7, 11) is 0. The predicted octanol–water partition coefficient (Wildman–Crippen LogP) is 2.68. The van der Waals surface area contributed by atoms with E-state index in [1.165, 1.54) is 6.07 Å². The van der Waals surface area contributed by atoms with Crippen molar-refractivity contribution < 1.29 is 4.39 Å². The lowest BCUT2D eigenvalue weighted by Gasteiger charge is -2.34. The van der Waals surface area contributed by atoms with Gasteiger partial charge in [0.1, 0.15) is 11.6 Å². The fraction of sp³-hybridized carbons (Fsp3) is 0.385. The maximum absolute atomic E-state index is 14.0. The summed E-state index contributed by atoms with van der Waals surface area (Å²) in [5.74, 6) is 1.33. The molecular formula is C13H15FN4. The SMILES string of the molecule is Cc1ccc(F)c2c1-n1c(C)nnc1C(C)(C)N2. The molecule has 5 heteroatoms. The van der Waals surface area contributed by atoms with Crippen LogP contribution in [0.1, 0.15) is 31.1 Å².